The first-order chi connectivity index (χ1) is 12.7. The van der Waals surface area contributed by atoms with Crippen molar-refractivity contribution in [2.45, 2.75) is 128 Å². The maximum absolute atomic E-state index is 9.12. The highest BCUT2D eigenvalue weighted by Gasteiger charge is 2.09. The summed E-state index contributed by atoms with van der Waals surface area (Å²) in [6.45, 7) is 4.73. The van der Waals surface area contributed by atoms with E-state index in [1.165, 1.54) is 103 Å². The lowest BCUT2D eigenvalue weighted by molar-refractivity contribution is 0.0656. The molecule has 2 nitrogen and oxygen atoms in total. The van der Waals surface area contributed by atoms with Crippen LogP contribution in [0.1, 0.15) is 117 Å². The van der Waals surface area contributed by atoms with Crippen LogP contribution >= 0.6 is 11.8 Å². The van der Waals surface area contributed by atoms with Crippen molar-refractivity contribution in [3.63, 3.8) is 0 Å². The Morgan fingerprint density at radius 2 is 1.15 bits per heavy atom. The smallest absolute Gasteiger partial charge is 0.0892 e. The fourth-order valence-electron chi connectivity index (χ4n) is 3.35. The van der Waals surface area contributed by atoms with Crippen molar-refractivity contribution < 1.29 is 9.84 Å². The van der Waals surface area contributed by atoms with E-state index in [0.29, 0.717) is 5.25 Å². The van der Waals surface area contributed by atoms with Crippen molar-refractivity contribution in [3.05, 3.63) is 0 Å². The van der Waals surface area contributed by atoms with Gasteiger partial charge >= 0.3 is 0 Å². The summed E-state index contributed by atoms with van der Waals surface area (Å²) in [6, 6.07) is 0. The van der Waals surface area contributed by atoms with Crippen molar-refractivity contribution >= 4 is 11.8 Å². The number of hydrogen-bond donors (Lipinski definition) is 1. The molecule has 0 rings (SSSR count). The highest BCUT2D eigenvalue weighted by molar-refractivity contribution is 7.99. The van der Waals surface area contributed by atoms with Gasteiger partial charge in [0, 0.05) is 18.1 Å². The molecule has 0 heterocycles. The minimum Gasteiger partial charge on any atom is -0.394 e. The van der Waals surface area contributed by atoms with Gasteiger partial charge in [-0.3, -0.25) is 0 Å². The zero-order valence-electron chi connectivity index (χ0n) is 18.1. The molecule has 0 aliphatic carbocycles. The molecule has 0 aromatic rings. The van der Waals surface area contributed by atoms with Gasteiger partial charge in [0.2, 0.25) is 0 Å². The Kier molecular flexibility index (Phi) is 21.8. The van der Waals surface area contributed by atoms with Gasteiger partial charge in [0.1, 0.15) is 0 Å². The van der Waals surface area contributed by atoms with Gasteiger partial charge in [-0.05, 0) is 6.42 Å². The van der Waals surface area contributed by atoms with Crippen LogP contribution in [0.2, 0.25) is 0 Å². The summed E-state index contributed by atoms with van der Waals surface area (Å²) in [5, 5.41) is 9.80. The Bertz CT molecular complexity index is 257. The Morgan fingerprint density at radius 1 is 0.731 bits per heavy atom. The van der Waals surface area contributed by atoms with Crippen LogP contribution in [0.15, 0.2) is 0 Å². The summed E-state index contributed by atoms with van der Waals surface area (Å²) < 4.78 is 5.21. The number of unbranched alkanes of at least 4 members (excludes halogenated alkanes) is 14. The number of hydrogen-bond acceptors (Lipinski definition) is 3. The normalized spacial score (nSPS) is 13.8. The first kappa shape index (κ1) is 26.3. The van der Waals surface area contributed by atoms with Gasteiger partial charge < -0.3 is 9.84 Å². The number of aliphatic hydroxyl groups is 1. The lowest BCUT2D eigenvalue weighted by Gasteiger charge is -2.15. The van der Waals surface area contributed by atoms with E-state index < -0.39 is 0 Å². The third kappa shape index (κ3) is 19.0. The minimum atomic E-state index is 0.00325. The highest BCUT2D eigenvalue weighted by atomic mass is 32.2. The first-order valence-corrected chi connectivity index (χ1v) is 12.5. The molecule has 0 saturated heterocycles. The van der Waals surface area contributed by atoms with Gasteiger partial charge in [0.15, 0.2) is 0 Å². The maximum atomic E-state index is 9.12. The molecule has 0 fully saturated rings. The van der Waals surface area contributed by atoms with Crippen LogP contribution in [0.3, 0.4) is 0 Å². The molecular formula is C23H48O2S. The Labute approximate surface area is 169 Å². The minimum absolute atomic E-state index is 0.00325. The number of methoxy groups -OCH3 is 1. The molecule has 1 N–H and O–H groups in total. The molecule has 3 heteroatoms. The van der Waals surface area contributed by atoms with E-state index in [9.17, 15) is 0 Å². The van der Waals surface area contributed by atoms with E-state index >= 15 is 0 Å². The van der Waals surface area contributed by atoms with Crippen LogP contribution < -0.4 is 0 Å². The van der Waals surface area contributed by atoms with Gasteiger partial charge in [-0.2, -0.15) is 11.8 Å². The quantitative estimate of drug-likeness (QED) is 0.208. The summed E-state index contributed by atoms with van der Waals surface area (Å²) in [4.78, 5) is 0. The van der Waals surface area contributed by atoms with E-state index in [4.69, 9.17) is 9.84 Å². The lowest BCUT2D eigenvalue weighted by atomic mass is 10.0. The summed E-state index contributed by atoms with van der Waals surface area (Å²) in [7, 11) is 1.68. The van der Waals surface area contributed by atoms with E-state index in [1.807, 2.05) is 11.8 Å². The number of aliphatic hydroxyl groups excluding tert-OH is 1. The fraction of sp³-hybridized carbons (Fsp3) is 1.00. The molecule has 0 saturated carbocycles. The molecule has 158 valence electrons. The molecule has 0 spiro atoms. The molecule has 0 aliphatic rings. The van der Waals surface area contributed by atoms with Crippen LogP contribution in [0, 0.1) is 0 Å². The third-order valence-corrected chi connectivity index (χ3v) is 6.69. The van der Waals surface area contributed by atoms with Crippen molar-refractivity contribution in [1.82, 2.24) is 0 Å². The molecule has 0 amide bonds. The predicted octanol–water partition coefficient (Wildman–Crippen LogP) is 7.38. The zero-order valence-corrected chi connectivity index (χ0v) is 19.0. The second-order valence-corrected chi connectivity index (χ2v) is 9.39. The van der Waals surface area contributed by atoms with Crippen molar-refractivity contribution in [2.24, 2.45) is 0 Å². The molecule has 0 aromatic carbocycles. The Hall–Kier alpha value is 0.270. The monoisotopic (exact) mass is 388 g/mol. The lowest BCUT2D eigenvalue weighted by Crippen LogP contribution is -2.19. The van der Waals surface area contributed by atoms with Crippen molar-refractivity contribution in [2.75, 3.05) is 19.5 Å². The topological polar surface area (TPSA) is 29.5 Å². The Balaban J connectivity index is 3.17. The van der Waals surface area contributed by atoms with Gasteiger partial charge in [0.25, 0.3) is 0 Å². The van der Waals surface area contributed by atoms with E-state index in [0.717, 1.165) is 5.75 Å². The Morgan fingerprint density at radius 3 is 1.54 bits per heavy atom. The largest absolute Gasteiger partial charge is 0.394 e. The second-order valence-electron chi connectivity index (χ2n) is 7.92. The summed E-state index contributed by atoms with van der Waals surface area (Å²) in [5.41, 5.74) is 0. The average molecular weight is 389 g/mol. The van der Waals surface area contributed by atoms with Gasteiger partial charge in [-0.1, -0.05) is 110 Å². The fourth-order valence-corrected chi connectivity index (χ4v) is 4.47. The maximum Gasteiger partial charge on any atom is 0.0892 e. The van der Waals surface area contributed by atoms with Crippen molar-refractivity contribution in [1.29, 1.82) is 0 Å². The highest BCUT2D eigenvalue weighted by Crippen LogP contribution is 2.20. The molecule has 2 atom stereocenters. The molecule has 26 heavy (non-hydrogen) atoms. The van der Waals surface area contributed by atoms with Gasteiger partial charge in [-0.15, -0.1) is 0 Å². The summed E-state index contributed by atoms with van der Waals surface area (Å²) >= 11 is 1.94. The molecule has 0 bridgehead atoms. The standard InChI is InChI=1S/C23H48O2S/c1-4-5-6-7-8-9-10-11-12-13-14-15-16-17-18-19-22(2)26-21-23(20-24)25-3/h22-24H,4-21H2,1-3H3. The molecule has 0 aromatic heterocycles. The third-order valence-electron chi connectivity index (χ3n) is 5.32. The number of ether oxygens (including phenoxy) is 1. The van der Waals surface area contributed by atoms with Gasteiger partial charge in [-0.25, -0.2) is 0 Å². The van der Waals surface area contributed by atoms with E-state index in [1.54, 1.807) is 7.11 Å². The van der Waals surface area contributed by atoms with Crippen LogP contribution in [0.4, 0.5) is 0 Å². The average Bonchev–Trinajstić information content (AvgIpc) is 2.65. The first-order valence-electron chi connectivity index (χ1n) is 11.5. The number of rotatable bonds is 21. The summed E-state index contributed by atoms with van der Waals surface area (Å²) in [5.74, 6) is 0.910. The van der Waals surface area contributed by atoms with Crippen LogP contribution in [-0.2, 0) is 4.74 Å². The second kappa shape index (κ2) is 21.6. The van der Waals surface area contributed by atoms with Gasteiger partial charge in [0.05, 0.1) is 12.7 Å². The SMILES string of the molecule is CCCCCCCCCCCCCCCCCC(C)SCC(CO)OC. The van der Waals surface area contributed by atoms with E-state index in [-0.39, 0.29) is 12.7 Å². The zero-order chi connectivity index (χ0) is 19.3. The van der Waals surface area contributed by atoms with Crippen molar-refractivity contribution in [3.8, 4) is 0 Å². The number of thioether (sulfide) groups is 1. The summed E-state index contributed by atoms with van der Waals surface area (Å²) in [6.07, 6.45) is 22.7. The predicted molar refractivity (Wildman–Crippen MR) is 119 cm³/mol. The van der Waals surface area contributed by atoms with Crippen LogP contribution in [0.5, 0.6) is 0 Å². The van der Waals surface area contributed by atoms with Crippen LogP contribution in [-0.4, -0.2) is 35.9 Å². The molecule has 0 aliphatic heterocycles. The van der Waals surface area contributed by atoms with Crippen LogP contribution in [0.25, 0.3) is 0 Å². The van der Waals surface area contributed by atoms with E-state index in [2.05, 4.69) is 13.8 Å². The molecular weight excluding hydrogens is 340 g/mol. The molecule has 2 unspecified atom stereocenters. The molecule has 0 radical (unpaired) electrons.